The third kappa shape index (κ3) is 2.33. The molecule has 0 radical (unpaired) electrons. The fraction of sp³-hybridized carbons (Fsp3) is 0.562. The fourth-order valence-corrected chi connectivity index (χ4v) is 3.59. The van der Waals surface area contributed by atoms with Gasteiger partial charge < -0.3 is 10.2 Å². The topological polar surface area (TPSA) is 39.1 Å². The van der Waals surface area contributed by atoms with E-state index < -0.39 is 0 Å². The lowest BCUT2D eigenvalue weighted by atomic mass is 9.97. The Morgan fingerprint density at radius 3 is 2.58 bits per heavy atom. The van der Waals surface area contributed by atoms with Gasteiger partial charge in [0.1, 0.15) is 6.07 Å². The van der Waals surface area contributed by atoms with E-state index in [2.05, 4.69) is 35.5 Å². The highest BCUT2D eigenvalue weighted by molar-refractivity contribution is 5.60. The first-order chi connectivity index (χ1) is 9.17. The van der Waals surface area contributed by atoms with Crippen LogP contribution in [0.25, 0.3) is 0 Å². The highest BCUT2D eigenvalue weighted by atomic mass is 15.2. The first-order valence-corrected chi connectivity index (χ1v) is 7.17. The van der Waals surface area contributed by atoms with Gasteiger partial charge in [0.15, 0.2) is 0 Å². The van der Waals surface area contributed by atoms with Crippen LogP contribution in [0.3, 0.4) is 0 Å². The van der Waals surface area contributed by atoms with Crippen LogP contribution in [-0.4, -0.2) is 25.2 Å². The minimum atomic E-state index is 0.563. The van der Waals surface area contributed by atoms with Gasteiger partial charge in [0.05, 0.1) is 11.3 Å². The summed E-state index contributed by atoms with van der Waals surface area (Å²) in [5.74, 6) is 0. The molecule has 2 aliphatic heterocycles. The molecule has 3 rings (SSSR count). The molecule has 1 aromatic carbocycles. The molecule has 0 amide bonds. The van der Waals surface area contributed by atoms with Gasteiger partial charge in [-0.3, -0.25) is 0 Å². The molecule has 1 aromatic rings. The van der Waals surface area contributed by atoms with Crippen LogP contribution in [0.4, 0.5) is 5.69 Å². The van der Waals surface area contributed by atoms with Crippen LogP contribution >= 0.6 is 0 Å². The van der Waals surface area contributed by atoms with E-state index in [0.29, 0.717) is 18.1 Å². The summed E-state index contributed by atoms with van der Waals surface area (Å²) in [6, 6.07) is 10.4. The number of nitrogens with zero attached hydrogens (tertiary/aromatic N) is 2. The van der Waals surface area contributed by atoms with Crippen LogP contribution in [-0.2, 0) is 0 Å². The van der Waals surface area contributed by atoms with Crippen molar-refractivity contribution in [3.05, 3.63) is 29.3 Å². The van der Waals surface area contributed by atoms with Gasteiger partial charge >= 0.3 is 0 Å². The maximum atomic E-state index is 9.32. The molecule has 0 spiro atoms. The summed E-state index contributed by atoms with van der Waals surface area (Å²) in [6.45, 7) is 2.04. The van der Waals surface area contributed by atoms with Crippen LogP contribution in [0.5, 0.6) is 0 Å². The molecule has 100 valence electrons. The Kier molecular flexibility index (Phi) is 3.20. The normalized spacial score (nSPS) is 29.0. The van der Waals surface area contributed by atoms with E-state index in [-0.39, 0.29) is 0 Å². The number of hydrogen-bond acceptors (Lipinski definition) is 3. The first-order valence-electron chi connectivity index (χ1n) is 7.17. The SMILES string of the molecule is Cc1ccc(N(C)C2CC3CCC(C2)N3)c(C#N)c1. The molecule has 0 saturated carbocycles. The van der Waals surface area contributed by atoms with Crippen LogP contribution in [0.1, 0.15) is 36.8 Å². The molecule has 2 unspecified atom stereocenters. The Labute approximate surface area is 115 Å². The van der Waals surface area contributed by atoms with Crippen molar-refractivity contribution < 1.29 is 0 Å². The number of anilines is 1. The Morgan fingerprint density at radius 2 is 1.95 bits per heavy atom. The third-order valence-corrected chi connectivity index (χ3v) is 4.65. The van der Waals surface area contributed by atoms with Crippen molar-refractivity contribution in [3.8, 4) is 6.07 Å². The van der Waals surface area contributed by atoms with Gasteiger partial charge in [-0.05, 0) is 50.3 Å². The van der Waals surface area contributed by atoms with Crippen LogP contribution in [0, 0.1) is 18.3 Å². The van der Waals surface area contributed by atoms with Crippen molar-refractivity contribution in [2.24, 2.45) is 0 Å². The van der Waals surface area contributed by atoms with Gasteiger partial charge in [0, 0.05) is 25.2 Å². The summed E-state index contributed by atoms with van der Waals surface area (Å²) in [4.78, 5) is 2.32. The smallest absolute Gasteiger partial charge is 0.101 e. The number of benzene rings is 1. The van der Waals surface area contributed by atoms with Gasteiger partial charge in [-0.15, -0.1) is 0 Å². The number of hydrogen-bond donors (Lipinski definition) is 1. The van der Waals surface area contributed by atoms with Crippen molar-refractivity contribution in [1.82, 2.24) is 5.32 Å². The molecule has 2 saturated heterocycles. The van der Waals surface area contributed by atoms with Gasteiger partial charge in [0.2, 0.25) is 0 Å². The molecule has 2 bridgehead atoms. The van der Waals surface area contributed by atoms with E-state index in [1.54, 1.807) is 0 Å². The standard InChI is InChI=1S/C16H21N3/c1-11-3-6-16(12(7-11)10-17)19(2)15-8-13-4-5-14(9-15)18-13/h3,6-7,13-15,18H,4-5,8-9H2,1-2H3. The van der Waals surface area contributed by atoms with Crippen molar-refractivity contribution >= 4 is 5.69 Å². The van der Waals surface area contributed by atoms with Crippen molar-refractivity contribution in [2.75, 3.05) is 11.9 Å². The lowest BCUT2D eigenvalue weighted by Crippen LogP contribution is -2.47. The molecule has 2 atom stereocenters. The van der Waals surface area contributed by atoms with Gasteiger partial charge in [-0.2, -0.15) is 5.26 Å². The third-order valence-electron chi connectivity index (χ3n) is 4.65. The molecule has 0 aromatic heterocycles. The van der Waals surface area contributed by atoms with Crippen molar-refractivity contribution in [1.29, 1.82) is 5.26 Å². The predicted molar refractivity (Wildman–Crippen MR) is 77.3 cm³/mol. The zero-order valence-corrected chi connectivity index (χ0v) is 11.7. The van der Waals surface area contributed by atoms with Crippen molar-refractivity contribution in [3.63, 3.8) is 0 Å². The minimum absolute atomic E-state index is 0.563. The zero-order valence-electron chi connectivity index (χ0n) is 11.7. The number of fused-ring (bicyclic) bond motifs is 2. The Balaban J connectivity index is 1.84. The maximum absolute atomic E-state index is 9.32. The second kappa shape index (κ2) is 4.86. The molecule has 2 aliphatic rings. The Bertz CT molecular complexity index is 505. The Hall–Kier alpha value is -1.53. The number of nitrogens with one attached hydrogen (secondary N) is 1. The number of aryl methyl sites for hydroxylation is 1. The monoisotopic (exact) mass is 255 g/mol. The largest absolute Gasteiger partial charge is 0.370 e. The summed E-state index contributed by atoms with van der Waals surface area (Å²) in [5, 5.41) is 13.0. The lowest BCUT2D eigenvalue weighted by molar-refractivity contribution is 0.354. The van der Waals surface area contributed by atoms with Crippen LogP contribution in [0.15, 0.2) is 18.2 Å². The highest BCUT2D eigenvalue weighted by Crippen LogP contribution is 2.32. The molecule has 0 aliphatic carbocycles. The second-order valence-corrected chi connectivity index (χ2v) is 6.01. The fourth-order valence-electron chi connectivity index (χ4n) is 3.59. The average Bonchev–Trinajstić information content (AvgIpc) is 2.76. The maximum Gasteiger partial charge on any atom is 0.101 e. The van der Waals surface area contributed by atoms with E-state index in [9.17, 15) is 5.26 Å². The van der Waals surface area contributed by atoms with Gasteiger partial charge in [-0.1, -0.05) is 6.07 Å². The molecule has 2 fully saturated rings. The second-order valence-electron chi connectivity index (χ2n) is 6.01. The average molecular weight is 255 g/mol. The first kappa shape index (κ1) is 12.5. The quantitative estimate of drug-likeness (QED) is 0.883. The van der Waals surface area contributed by atoms with Crippen LogP contribution < -0.4 is 10.2 Å². The van der Waals surface area contributed by atoms with Gasteiger partial charge in [0.25, 0.3) is 0 Å². The summed E-state index contributed by atoms with van der Waals surface area (Å²) < 4.78 is 0. The predicted octanol–water partition coefficient (Wildman–Crippen LogP) is 2.59. The van der Waals surface area contributed by atoms with E-state index in [0.717, 1.165) is 16.8 Å². The zero-order chi connectivity index (χ0) is 13.4. The van der Waals surface area contributed by atoms with E-state index in [1.807, 2.05) is 13.0 Å². The van der Waals surface area contributed by atoms with E-state index in [4.69, 9.17) is 0 Å². The van der Waals surface area contributed by atoms with E-state index >= 15 is 0 Å². The molecule has 3 heteroatoms. The summed E-state index contributed by atoms with van der Waals surface area (Å²) in [7, 11) is 2.14. The van der Waals surface area contributed by atoms with Gasteiger partial charge in [-0.25, -0.2) is 0 Å². The summed E-state index contributed by atoms with van der Waals surface area (Å²) >= 11 is 0. The molecule has 3 nitrogen and oxygen atoms in total. The molecular formula is C16H21N3. The molecule has 1 N–H and O–H groups in total. The number of rotatable bonds is 2. The molecule has 19 heavy (non-hydrogen) atoms. The van der Waals surface area contributed by atoms with Crippen molar-refractivity contribution in [2.45, 2.75) is 50.7 Å². The highest BCUT2D eigenvalue weighted by Gasteiger charge is 2.35. The lowest BCUT2D eigenvalue weighted by Gasteiger charge is -2.37. The van der Waals surface area contributed by atoms with Crippen LogP contribution in [0.2, 0.25) is 0 Å². The number of nitriles is 1. The molecular weight excluding hydrogens is 234 g/mol. The molecule has 2 heterocycles. The minimum Gasteiger partial charge on any atom is -0.370 e. The van der Waals surface area contributed by atoms with E-state index in [1.165, 1.54) is 25.7 Å². The Morgan fingerprint density at radius 1 is 1.26 bits per heavy atom. The number of piperidine rings is 1. The summed E-state index contributed by atoms with van der Waals surface area (Å²) in [5.41, 5.74) is 3.03. The summed E-state index contributed by atoms with van der Waals surface area (Å²) in [6.07, 6.45) is 5.03.